The third kappa shape index (κ3) is 3.99. The molecule has 2 aromatic carbocycles. The summed E-state index contributed by atoms with van der Waals surface area (Å²) in [6.07, 6.45) is 1.76. The summed E-state index contributed by atoms with van der Waals surface area (Å²) < 4.78 is 27.8. The van der Waals surface area contributed by atoms with Crippen molar-refractivity contribution in [3.05, 3.63) is 59.5 Å². The maximum absolute atomic E-state index is 12.6. The van der Waals surface area contributed by atoms with Gasteiger partial charge in [-0.1, -0.05) is 12.1 Å². The van der Waals surface area contributed by atoms with E-state index in [1.54, 1.807) is 11.3 Å². The number of sulfonamides is 1. The van der Waals surface area contributed by atoms with Crippen LogP contribution in [0.3, 0.4) is 0 Å². The molecule has 4 aromatic rings. The maximum atomic E-state index is 12.6. The summed E-state index contributed by atoms with van der Waals surface area (Å²) in [4.78, 5) is 21.9. The Hall–Kier alpha value is -2.66. The summed E-state index contributed by atoms with van der Waals surface area (Å²) in [5.74, 6) is -0.338. The fraction of sp³-hybridized carbons (Fsp3) is 0.190. The number of nitrogens with one attached hydrogen (secondary N) is 1. The fourth-order valence-electron chi connectivity index (χ4n) is 3.44. The fourth-order valence-corrected chi connectivity index (χ4v) is 6.64. The smallest absolute Gasteiger partial charge is 0.257 e. The molecule has 5 rings (SSSR count). The van der Waals surface area contributed by atoms with Crippen LogP contribution in [0, 0.1) is 0 Å². The van der Waals surface area contributed by atoms with Crippen LogP contribution >= 0.6 is 22.7 Å². The molecule has 0 saturated carbocycles. The Morgan fingerprint density at radius 3 is 2.48 bits per heavy atom. The van der Waals surface area contributed by atoms with Crippen molar-refractivity contribution in [2.75, 3.05) is 18.4 Å². The van der Waals surface area contributed by atoms with Crippen molar-refractivity contribution < 1.29 is 13.2 Å². The van der Waals surface area contributed by atoms with E-state index in [4.69, 9.17) is 0 Å². The first-order valence-corrected chi connectivity index (χ1v) is 12.9. The number of benzene rings is 2. The van der Waals surface area contributed by atoms with Gasteiger partial charge in [0.25, 0.3) is 5.91 Å². The number of hydrogen-bond donors (Lipinski definition) is 1. The van der Waals surface area contributed by atoms with Gasteiger partial charge >= 0.3 is 0 Å². The van der Waals surface area contributed by atoms with Crippen LogP contribution in [0.4, 0.5) is 5.13 Å². The highest BCUT2D eigenvalue weighted by Crippen LogP contribution is 2.32. The van der Waals surface area contributed by atoms with Crippen LogP contribution in [0.15, 0.2) is 58.8 Å². The lowest BCUT2D eigenvalue weighted by molar-refractivity contribution is 0.102. The average Bonchev–Trinajstić information content (AvgIpc) is 3.53. The third-order valence-electron chi connectivity index (χ3n) is 5.06. The molecule has 3 heterocycles. The highest BCUT2D eigenvalue weighted by atomic mass is 32.2. The Balaban J connectivity index is 1.30. The number of carbonyl (C=O) groups excluding carboxylic acids is 1. The molecule has 158 valence electrons. The molecule has 31 heavy (non-hydrogen) atoms. The third-order valence-corrected chi connectivity index (χ3v) is 8.79. The number of hydrogen-bond acceptors (Lipinski definition) is 7. The van der Waals surface area contributed by atoms with Gasteiger partial charge in [-0.15, -0.1) is 22.7 Å². The number of fused-ring (bicyclic) bond motifs is 1. The summed E-state index contributed by atoms with van der Waals surface area (Å²) in [6, 6.07) is 13.9. The Labute approximate surface area is 187 Å². The molecule has 0 spiro atoms. The number of nitrogens with zero attached hydrogens (tertiary/aromatic N) is 3. The Kier molecular flexibility index (Phi) is 5.30. The standard InChI is InChI=1S/C21H18N4O3S3/c26-19(14-7-9-15(10-8-14)31(27,28)25-11-3-4-12-25)24-21-23-17(13-29-21)20-22-16-5-1-2-6-18(16)30-20/h1-2,5-10,13H,3-4,11-12H2,(H,23,24,26). The highest BCUT2D eigenvalue weighted by molar-refractivity contribution is 7.89. The second kappa shape index (κ2) is 8.12. The summed E-state index contributed by atoms with van der Waals surface area (Å²) in [7, 11) is -3.49. The molecule has 0 bridgehead atoms. The minimum absolute atomic E-state index is 0.207. The second-order valence-electron chi connectivity index (χ2n) is 7.11. The van der Waals surface area contributed by atoms with Gasteiger partial charge in [0.05, 0.1) is 15.1 Å². The zero-order valence-corrected chi connectivity index (χ0v) is 18.8. The molecule has 0 aliphatic carbocycles. The van der Waals surface area contributed by atoms with Gasteiger partial charge in [0.15, 0.2) is 5.13 Å². The highest BCUT2D eigenvalue weighted by Gasteiger charge is 2.27. The first kappa shape index (κ1) is 20.3. The first-order chi connectivity index (χ1) is 15.0. The second-order valence-corrected chi connectivity index (χ2v) is 10.9. The first-order valence-electron chi connectivity index (χ1n) is 9.74. The lowest BCUT2D eigenvalue weighted by Gasteiger charge is -2.15. The molecule has 1 saturated heterocycles. The van der Waals surface area contributed by atoms with Crippen molar-refractivity contribution in [2.24, 2.45) is 0 Å². The molecular formula is C21H18N4O3S3. The number of thiazole rings is 2. The molecule has 10 heteroatoms. The van der Waals surface area contributed by atoms with Gasteiger partial charge in [0.1, 0.15) is 10.7 Å². The van der Waals surface area contributed by atoms with Crippen molar-refractivity contribution in [3.63, 3.8) is 0 Å². The van der Waals surface area contributed by atoms with E-state index in [1.807, 2.05) is 29.6 Å². The number of anilines is 1. The number of para-hydroxylation sites is 1. The molecule has 0 unspecified atom stereocenters. The minimum atomic E-state index is -3.49. The zero-order valence-electron chi connectivity index (χ0n) is 16.3. The zero-order chi connectivity index (χ0) is 21.4. The number of carbonyl (C=O) groups is 1. The number of amides is 1. The molecule has 1 aliphatic rings. The molecule has 0 radical (unpaired) electrons. The Morgan fingerprint density at radius 1 is 1.00 bits per heavy atom. The van der Waals surface area contributed by atoms with Crippen molar-refractivity contribution in [1.29, 1.82) is 0 Å². The minimum Gasteiger partial charge on any atom is -0.298 e. The van der Waals surface area contributed by atoms with Gasteiger partial charge in [0, 0.05) is 24.0 Å². The Morgan fingerprint density at radius 2 is 1.74 bits per heavy atom. The molecule has 1 N–H and O–H groups in total. The largest absolute Gasteiger partial charge is 0.298 e. The summed E-state index contributed by atoms with van der Waals surface area (Å²) in [5.41, 5.74) is 2.01. The maximum Gasteiger partial charge on any atom is 0.257 e. The van der Waals surface area contributed by atoms with Gasteiger partial charge in [0.2, 0.25) is 10.0 Å². The van der Waals surface area contributed by atoms with E-state index >= 15 is 0 Å². The van der Waals surface area contributed by atoms with E-state index in [0.717, 1.165) is 28.1 Å². The van der Waals surface area contributed by atoms with Crippen LogP contribution in [0.25, 0.3) is 20.9 Å². The summed E-state index contributed by atoms with van der Waals surface area (Å²) >= 11 is 2.88. The van der Waals surface area contributed by atoms with E-state index in [1.165, 1.54) is 39.9 Å². The van der Waals surface area contributed by atoms with Crippen LogP contribution in [0.2, 0.25) is 0 Å². The monoisotopic (exact) mass is 470 g/mol. The van der Waals surface area contributed by atoms with Gasteiger partial charge in [-0.25, -0.2) is 18.4 Å². The summed E-state index contributed by atoms with van der Waals surface area (Å²) in [6.45, 7) is 1.09. The molecule has 0 atom stereocenters. The Bertz CT molecular complexity index is 1320. The SMILES string of the molecule is O=C(Nc1nc(-c2nc3ccccc3s2)cs1)c1ccc(S(=O)(=O)N2CCCC2)cc1. The van der Waals surface area contributed by atoms with Crippen molar-refractivity contribution in [3.8, 4) is 10.7 Å². The molecule has 2 aromatic heterocycles. The molecule has 7 nitrogen and oxygen atoms in total. The lowest BCUT2D eigenvalue weighted by atomic mass is 10.2. The van der Waals surface area contributed by atoms with Crippen LogP contribution in [0.5, 0.6) is 0 Å². The van der Waals surface area contributed by atoms with Crippen LogP contribution in [-0.4, -0.2) is 41.7 Å². The molecule has 1 amide bonds. The predicted octanol–water partition coefficient (Wildman–Crippen LogP) is 4.46. The lowest BCUT2D eigenvalue weighted by Crippen LogP contribution is -2.27. The van der Waals surface area contributed by atoms with E-state index in [9.17, 15) is 13.2 Å². The van der Waals surface area contributed by atoms with Gasteiger partial charge in [-0.2, -0.15) is 4.31 Å². The number of aromatic nitrogens is 2. The molecule has 1 fully saturated rings. The summed E-state index contributed by atoms with van der Waals surface area (Å²) in [5, 5.41) is 5.91. The number of rotatable bonds is 5. The van der Waals surface area contributed by atoms with Crippen LogP contribution in [-0.2, 0) is 10.0 Å². The predicted molar refractivity (Wildman–Crippen MR) is 123 cm³/mol. The van der Waals surface area contributed by atoms with E-state index in [2.05, 4.69) is 15.3 Å². The average molecular weight is 471 g/mol. The van der Waals surface area contributed by atoms with E-state index < -0.39 is 10.0 Å². The van der Waals surface area contributed by atoms with E-state index in [-0.39, 0.29) is 10.8 Å². The van der Waals surface area contributed by atoms with Gasteiger partial charge in [-0.05, 0) is 49.2 Å². The molecule has 1 aliphatic heterocycles. The van der Waals surface area contributed by atoms with Crippen molar-refractivity contribution in [1.82, 2.24) is 14.3 Å². The van der Waals surface area contributed by atoms with Gasteiger partial charge < -0.3 is 0 Å². The van der Waals surface area contributed by atoms with Crippen LogP contribution < -0.4 is 5.32 Å². The van der Waals surface area contributed by atoms with Crippen molar-refractivity contribution in [2.45, 2.75) is 17.7 Å². The van der Waals surface area contributed by atoms with E-state index in [0.29, 0.717) is 29.5 Å². The van der Waals surface area contributed by atoms with Crippen molar-refractivity contribution >= 4 is 54.0 Å². The normalized spacial score (nSPS) is 14.8. The molecular weight excluding hydrogens is 452 g/mol. The van der Waals surface area contributed by atoms with Crippen LogP contribution in [0.1, 0.15) is 23.2 Å². The van der Waals surface area contributed by atoms with Gasteiger partial charge in [-0.3, -0.25) is 10.1 Å². The quantitative estimate of drug-likeness (QED) is 0.465. The topological polar surface area (TPSA) is 92.3 Å².